The molecule has 2 saturated heterocycles. The van der Waals surface area contributed by atoms with Crippen molar-refractivity contribution in [3.8, 4) is 5.75 Å². The Morgan fingerprint density at radius 2 is 1.90 bits per heavy atom. The molecule has 0 radical (unpaired) electrons. The summed E-state index contributed by atoms with van der Waals surface area (Å²) in [5.74, 6) is 1.07. The quantitative estimate of drug-likeness (QED) is 0.703. The van der Waals surface area contributed by atoms with Gasteiger partial charge in [-0.15, -0.1) is 0 Å². The van der Waals surface area contributed by atoms with Gasteiger partial charge in [-0.25, -0.2) is 0 Å². The van der Waals surface area contributed by atoms with Crippen LogP contribution in [0.1, 0.15) is 50.0 Å². The van der Waals surface area contributed by atoms with E-state index in [0.29, 0.717) is 25.7 Å². The Kier molecular flexibility index (Phi) is 5.41. The van der Waals surface area contributed by atoms with Crippen molar-refractivity contribution in [2.75, 3.05) is 33.0 Å². The maximum absolute atomic E-state index is 13.2. The topological polar surface area (TPSA) is 77.1 Å². The third-order valence-corrected chi connectivity index (χ3v) is 7.21. The van der Waals surface area contributed by atoms with Gasteiger partial charge in [0.05, 0.1) is 30.9 Å². The van der Waals surface area contributed by atoms with E-state index in [9.17, 15) is 9.59 Å². The second-order valence-corrected chi connectivity index (χ2v) is 9.04. The summed E-state index contributed by atoms with van der Waals surface area (Å²) < 4.78 is 18.1. The number of piperidine rings is 1. The number of rotatable bonds is 0. The van der Waals surface area contributed by atoms with Crippen LogP contribution in [-0.2, 0) is 19.1 Å². The summed E-state index contributed by atoms with van der Waals surface area (Å²) in [4.78, 5) is 27.3. The molecule has 5 aliphatic rings. The van der Waals surface area contributed by atoms with E-state index in [1.807, 2.05) is 23.1 Å². The number of hydrogen-bond donors (Lipinski definition) is 1. The first-order chi connectivity index (χ1) is 14.6. The third-order valence-electron chi connectivity index (χ3n) is 7.21. The number of para-hydroxylation sites is 1. The lowest BCUT2D eigenvalue weighted by molar-refractivity contribution is -0.156. The minimum absolute atomic E-state index is 0.00541. The fraction of sp³-hybridized carbons (Fsp3) is 0.652. The Balaban J connectivity index is 1.46. The lowest BCUT2D eigenvalue weighted by Crippen LogP contribution is -2.72. The molecule has 2 bridgehead atoms. The van der Waals surface area contributed by atoms with E-state index in [-0.39, 0.29) is 37.2 Å². The van der Waals surface area contributed by atoms with Gasteiger partial charge in [-0.1, -0.05) is 18.2 Å². The molecule has 2 amide bonds. The molecule has 1 aliphatic carbocycles. The van der Waals surface area contributed by atoms with E-state index in [1.54, 1.807) is 0 Å². The summed E-state index contributed by atoms with van der Waals surface area (Å²) in [6.45, 7) is 1.54. The van der Waals surface area contributed by atoms with E-state index in [0.717, 1.165) is 44.3 Å². The molecule has 0 unspecified atom stereocenters. The number of carbonyl (C=O) groups excluding carboxylic acids is 2. The fourth-order valence-corrected chi connectivity index (χ4v) is 5.66. The molecule has 1 saturated carbocycles. The molecule has 1 aromatic rings. The second kappa shape index (κ2) is 8.19. The van der Waals surface area contributed by atoms with Crippen molar-refractivity contribution in [3.63, 3.8) is 0 Å². The second-order valence-electron chi connectivity index (χ2n) is 9.04. The van der Waals surface area contributed by atoms with Crippen LogP contribution >= 0.6 is 0 Å². The van der Waals surface area contributed by atoms with Gasteiger partial charge in [-0.3, -0.25) is 9.59 Å². The van der Waals surface area contributed by atoms with Crippen molar-refractivity contribution in [2.24, 2.45) is 0 Å². The monoisotopic (exact) mass is 414 g/mol. The maximum Gasteiger partial charge on any atom is 0.260 e. The largest absolute Gasteiger partial charge is 0.483 e. The Hall–Kier alpha value is -2.12. The molecule has 2 atom stereocenters. The van der Waals surface area contributed by atoms with Crippen LogP contribution in [0.4, 0.5) is 0 Å². The number of benzene rings is 1. The van der Waals surface area contributed by atoms with Gasteiger partial charge in [0, 0.05) is 6.54 Å². The van der Waals surface area contributed by atoms with E-state index in [1.165, 1.54) is 5.56 Å². The van der Waals surface area contributed by atoms with Gasteiger partial charge in [0.15, 0.2) is 6.61 Å². The van der Waals surface area contributed by atoms with Crippen LogP contribution < -0.4 is 10.1 Å². The highest BCUT2D eigenvalue weighted by Crippen LogP contribution is 2.39. The maximum atomic E-state index is 13.2. The number of amides is 2. The number of morpholine rings is 1. The molecular formula is C23H30N2O5. The van der Waals surface area contributed by atoms with E-state index in [2.05, 4.69) is 11.4 Å². The molecule has 7 nitrogen and oxygen atoms in total. The third kappa shape index (κ3) is 3.69. The van der Waals surface area contributed by atoms with Gasteiger partial charge in [0.2, 0.25) is 5.91 Å². The van der Waals surface area contributed by atoms with Crippen LogP contribution in [0, 0.1) is 0 Å². The van der Waals surface area contributed by atoms with Crippen molar-refractivity contribution in [1.29, 1.82) is 0 Å². The number of nitrogens with one attached hydrogen (secondary N) is 1. The number of hydrogen-bond acceptors (Lipinski definition) is 5. The lowest BCUT2D eigenvalue weighted by atomic mass is 9.80. The van der Waals surface area contributed by atoms with Gasteiger partial charge < -0.3 is 24.4 Å². The molecule has 3 fully saturated rings. The molecule has 1 spiro atoms. The Morgan fingerprint density at radius 3 is 2.73 bits per heavy atom. The molecular weight excluding hydrogens is 384 g/mol. The average molecular weight is 415 g/mol. The molecule has 30 heavy (non-hydrogen) atoms. The number of ether oxygens (including phenoxy) is 3. The van der Waals surface area contributed by atoms with Gasteiger partial charge in [0.1, 0.15) is 12.4 Å². The van der Waals surface area contributed by atoms with Gasteiger partial charge in [-0.2, -0.15) is 0 Å². The van der Waals surface area contributed by atoms with E-state index >= 15 is 0 Å². The van der Waals surface area contributed by atoms with Crippen LogP contribution in [0.2, 0.25) is 0 Å². The standard InChI is InChI=1S/C23H30N2O5/c26-21-13-28-15-23(24-21)10-3-11-25-20(23)12-29-17-8-6-16(7-9-17)18-4-1-2-5-19(18)30-14-22(25)27/h1-2,4-5,16-17,20H,3,6-15H2,(H,24,26)/t16-,17+,20-,23+/m1/s1. The van der Waals surface area contributed by atoms with Gasteiger partial charge in [-0.05, 0) is 56.1 Å². The van der Waals surface area contributed by atoms with Gasteiger partial charge >= 0.3 is 0 Å². The Labute approximate surface area is 177 Å². The number of fused-ring (bicyclic) bond motifs is 5. The van der Waals surface area contributed by atoms with Crippen molar-refractivity contribution in [3.05, 3.63) is 29.8 Å². The normalized spacial score (nSPS) is 34.7. The average Bonchev–Trinajstić information content (AvgIpc) is 2.78. The fourth-order valence-electron chi connectivity index (χ4n) is 5.66. The van der Waals surface area contributed by atoms with Crippen LogP contribution in [0.25, 0.3) is 0 Å². The molecule has 1 N–H and O–H groups in total. The zero-order valence-electron chi connectivity index (χ0n) is 17.3. The first kappa shape index (κ1) is 19.8. The molecule has 6 rings (SSSR count). The minimum atomic E-state index is -0.585. The van der Waals surface area contributed by atoms with Crippen LogP contribution in [0.5, 0.6) is 5.75 Å². The van der Waals surface area contributed by atoms with Crippen LogP contribution in [-0.4, -0.2) is 67.4 Å². The van der Waals surface area contributed by atoms with Crippen molar-refractivity contribution >= 4 is 11.8 Å². The van der Waals surface area contributed by atoms with Crippen molar-refractivity contribution in [1.82, 2.24) is 10.2 Å². The molecule has 0 aromatic heterocycles. The highest BCUT2D eigenvalue weighted by atomic mass is 16.5. The van der Waals surface area contributed by atoms with Crippen LogP contribution in [0.15, 0.2) is 24.3 Å². The van der Waals surface area contributed by atoms with Crippen LogP contribution in [0.3, 0.4) is 0 Å². The molecule has 162 valence electrons. The first-order valence-corrected chi connectivity index (χ1v) is 11.2. The highest BCUT2D eigenvalue weighted by molar-refractivity contribution is 5.81. The molecule has 4 heterocycles. The van der Waals surface area contributed by atoms with E-state index < -0.39 is 5.54 Å². The summed E-state index contributed by atoms with van der Waals surface area (Å²) in [7, 11) is 0. The minimum Gasteiger partial charge on any atom is -0.483 e. The van der Waals surface area contributed by atoms with E-state index in [4.69, 9.17) is 14.2 Å². The Morgan fingerprint density at radius 1 is 1.07 bits per heavy atom. The van der Waals surface area contributed by atoms with Crippen molar-refractivity contribution < 1.29 is 23.8 Å². The summed E-state index contributed by atoms with van der Waals surface area (Å²) in [5, 5.41) is 3.16. The Bertz CT molecular complexity index is 803. The number of carbonyl (C=O) groups is 2. The first-order valence-electron chi connectivity index (χ1n) is 11.2. The molecule has 7 heteroatoms. The smallest absolute Gasteiger partial charge is 0.260 e. The predicted molar refractivity (Wildman–Crippen MR) is 109 cm³/mol. The zero-order valence-corrected chi connectivity index (χ0v) is 17.3. The summed E-state index contributed by atoms with van der Waals surface area (Å²) in [6, 6.07) is 7.85. The lowest BCUT2D eigenvalue weighted by Gasteiger charge is -2.51. The zero-order chi connectivity index (χ0) is 20.6. The summed E-state index contributed by atoms with van der Waals surface area (Å²) in [5.41, 5.74) is 0.612. The highest BCUT2D eigenvalue weighted by Gasteiger charge is 2.49. The SMILES string of the molecule is O=C1COC[C@]2(CCCN3C(=O)COc4ccccc4[C@H]4CC[C@H](CC4)OC[C@@H]32)N1. The predicted octanol–water partition coefficient (Wildman–Crippen LogP) is 2.00. The molecule has 1 aromatic carbocycles. The number of nitrogens with zero attached hydrogens (tertiary/aromatic N) is 1. The summed E-state index contributed by atoms with van der Waals surface area (Å²) in [6.07, 6.45) is 5.88. The summed E-state index contributed by atoms with van der Waals surface area (Å²) >= 11 is 0. The molecule has 4 aliphatic heterocycles. The van der Waals surface area contributed by atoms with Crippen molar-refractivity contribution in [2.45, 2.75) is 62.1 Å². The van der Waals surface area contributed by atoms with Gasteiger partial charge in [0.25, 0.3) is 5.91 Å².